The number of nitrogens with one attached hydrogen (secondary N) is 1. The lowest BCUT2D eigenvalue weighted by Crippen LogP contribution is -2.34. The van der Waals surface area contributed by atoms with Gasteiger partial charge in [-0.05, 0) is 43.7 Å². The average Bonchev–Trinajstić information content (AvgIpc) is 3.46. The Hall–Kier alpha value is -2.22. The van der Waals surface area contributed by atoms with Gasteiger partial charge in [-0.2, -0.15) is 0 Å². The normalized spacial score (nSPS) is 17.6. The molecule has 0 bridgehead atoms. The first-order valence-electron chi connectivity index (χ1n) is 9.91. The van der Waals surface area contributed by atoms with Crippen molar-refractivity contribution >= 4 is 29.3 Å². The summed E-state index contributed by atoms with van der Waals surface area (Å²) in [5, 5.41) is 12.7. The van der Waals surface area contributed by atoms with Crippen LogP contribution in [-0.2, 0) is 4.79 Å². The van der Waals surface area contributed by atoms with Gasteiger partial charge in [0, 0.05) is 19.1 Å². The first kappa shape index (κ1) is 19.1. The second-order valence-electron chi connectivity index (χ2n) is 7.59. The Morgan fingerprint density at radius 1 is 1.21 bits per heavy atom. The number of nitrogens with zero attached hydrogens (tertiary/aromatic N) is 4. The minimum absolute atomic E-state index is 0.0757. The fraction of sp³-hybridized carbons (Fsp3) is 0.550. The summed E-state index contributed by atoms with van der Waals surface area (Å²) in [5.74, 6) is 2.62. The number of carbonyl (C=O) groups excluding carboxylic acids is 1. The number of hydrogen-bond acceptors (Lipinski definition) is 6. The Kier molecular flexibility index (Phi) is 5.75. The summed E-state index contributed by atoms with van der Waals surface area (Å²) in [6, 6.07) is 7.90. The van der Waals surface area contributed by atoms with E-state index in [4.69, 9.17) is 4.74 Å². The SMILES string of the molecule is COc1ccccc1NC(=O)CSc1nnc(N2CCC(C)CC2)n1C1CC1. The molecule has 0 spiro atoms. The van der Waals surface area contributed by atoms with E-state index in [2.05, 4.69) is 31.9 Å². The lowest BCUT2D eigenvalue weighted by molar-refractivity contribution is -0.113. The summed E-state index contributed by atoms with van der Waals surface area (Å²) in [6.07, 6.45) is 4.72. The quantitative estimate of drug-likeness (QED) is 0.715. The van der Waals surface area contributed by atoms with Gasteiger partial charge in [0.2, 0.25) is 11.9 Å². The standard InChI is InChI=1S/C20H27N5O2S/c1-14-9-11-24(12-10-14)19-22-23-20(25(19)15-7-8-15)28-13-18(26)21-16-5-3-4-6-17(16)27-2/h3-6,14-15H,7-13H2,1-2H3,(H,21,26). The second-order valence-corrected chi connectivity index (χ2v) is 8.53. The number of rotatable bonds is 7. The Balaban J connectivity index is 1.41. The van der Waals surface area contributed by atoms with E-state index in [0.29, 0.717) is 23.2 Å². The van der Waals surface area contributed by atoms with Crippen molar-refractivity contribution in [3.05, 3.63) is 24.3 Å². The number of ether oxygens (including phenoxy) is 1. The third kappa shape index (κ3) is 4.27. The summed E-state index contributed by atoms with van der Waals surface area (Å²) in [7, 11) is 1.60. The van der Waals surface area contributed by atoms with Gasteiger partial charge in [-0.15, -0.1) is 10.2 Å². The van der Waals surface area contributed by atoms with E-state index in [1.807, 2.05) is 24.3 Å². The monoisotopic (exact) mass is 401 g/mol. The van der Waals surface area contributed by atoms with Crippen LogP contribution < -0.4 is 15.0 Å². The van der Waals surface area contributed by atoms with Crippen molar-refractivity contribution in [3.63, 3.8) is 0 Å². The van der Waals surface area contributed by atoms with Crippen LogP contribution in [0.3, 0.4) is 0 Å². The highest BCUT2D eigenvalue weighted by Crippen LogP contribution is 2.41. The van der Waals surface area contributed by atoms with Crippen LogP contribution >= 0.6 is 11.8 Å². The minimum atomic E-state index is -0.0757. The molecule has 4 rings (SSSR count). The van der Waals surface area contributed by atoms with Crippen molar-refractivity contribution in [2.24, 2.45) is 5.92 Å². The molecule has 1 saturated carbocycles. The number of hydrogen-bond donors (Lipinski definition) is 1. The molecule has 2 aromatic rings. The van der Waals surface area contributed by atoms with Crippen molar-refractivity contribution < 1.29 is 9.53 Å². The zero-order chi connectivity index (χ0) is 19.5. The van der Waals surface area contributed by atoms with Gasteiger partial charge < -0.3 is 15.0 Å². The van der Waals surface area contributed by atoms with Gasteiger partial charge in [-0.3, -0.25) is 9.36 Å². The highest BCUT2D eigenvalue weighted by molar-refractivity contribution is 7.99. The molecular weight excluding hydrogens is 374 g/mol. The predicted molar refractivity (Wildman–Crippen MR) is 111 cm³/mol. The van der Waals surface area contributed by atoms with Crippen molar-refractivity contribution in [3.8, 4) is 5.75 Å². The molecule has 1 saturated heterocycles. The third-order valence-electron chi connectivity index (χ3n) is 5.34. The number of aromatic nitrogens is 3. The number of amides is 1. The summed E-state index contributed by atoms with van der Waals surface area (Å²) in [4.78, 5) is 14.8. The van der Waals surface area contributed by atoms with Crippen molar-refractivity contribution in [2.75, 3.05) is 36.2 Å². The van der Waals surface area contributed by atoms with Crippen molar-refractivity contribution in [2.45, 2.75) is 43.8 Å². The Morgan fingerprint density at radius 3 is 2.68 bits per heavy atom. The van der Waals surface area contributed by atoms with Crippen LogP contribution in [0.15, 0.2) is 29.4 Å². The average molecular weight is 402 g/mol. The number of benzene rings is 1. The fourth-order valence-corrected chi connectivity index (χ4v) is 4.31. The highest BCUT2D eigenvalue weighted by Gasteiger charge is 2.32. The molecule has 8 heteroatoms. The number of carbonyl (C=O) groups is 1. The first-order chi connectivity index (χ1) is 13.7. The summed E-state index contributed by atoms with van der Waals surface area (Å²) >= 11 is 1.45. The van der Waals surface area contributed by atoms with E-state index in [0.717, 1.165) is 43.0 Å². The third-order valence-corrected chi connectivity index (χ3v) is 6.28. The molecule has 0 radical (unpaired) electrons. The summed E-state index contributed by atoms with van der Waals surface area (Å²) in [5.41, 5.74) is 0.683. The minimum Gasteiger partial charge on any atom is -0.495 e. The van der Waals surface area contributed by atoms with Crippen LogP contribution in [-0.4, -0.2) is 46.6 Å². The lowest BCUT2D eigenvalue weighted by atomic mass is 10.00. The van der Waals surface area contributed by atoms with Crippen LogP contribution in [0.2, 0.25) is 0 Å². The zero-order valence-electron chi connectivity index (χ0n) is 16.4. The Bertz CT molecular complexity index is 828. The molecule has 1 N–H and O–H groups in total. The van der Waals surface area contributed by atoms with Gasteiger partial charge in [-0.25, -0.2) is 0 Å². The molecule has 1 aliphatic carbocycles. The zero-order valence-corrected chi connectivity index (χ0v) is 17.2. The number of thioether (sulfide) groups is 1. The van der Waals surface area contributed by atoms with Gasteiger partial charge in [0.1, 0.15) is 5.75 Å². The molecule has 1 amide bonds. The maximum absolute atomic E-state index is 12.4. The first-order valence-corrected chi connectivity index (χ1v) is 10.9. The number of piperidine rings is 1. The molecule has 0 atom stereocenters. The molecule has 1 aliphatic heterocycles. The van der Waals surface area contributed by atoms with Crippen LogP contribution in [0.1, 0.15) is 38.6 Å². The van der Waals surface area contributed by atoms with E-state index in [-0.39, 0.29) is 5.91 Å². The fourth-order valence-electron chi connectivity index (χ4n) is 3.51. The molecule has 2 aliphatic rings. The molecule has 2 heterocycles. The Labute approximate surface area is 169 Å². The summed E-state index contributed by atoms with van der Waals surface area (Å²) < 4.78 is 7.54. The predicted octanol–water partition coefficient (Wildman–Crippen LogP) is 3.59. The molecule has 7 nitrogen and oxygen atoms in total. The van der Waals surface area contributed by atoms with Crippen LogP contribution in [0.5, 0.6) is 5.75 Å². The number of methoxy groups -OCH3 is 1. The molecular formula is C20H27N5O2S. The second kappa shape index (κ2) is 8.43. The number of para-hydroxylation sites is 2. The molecule has 2 fully saturated rings. The van der Waals surface area contributed by atoms with Crippen LogP contribution in [0.25, 0.3) is 0 Å². The molecule has 1 aromatic carbocycles. The van der Waals surface area contributed by atoms with E-state index in [9.17, 15) is 4.79 Å². The smallest absolute Gasteiger partial charge is 0.234 e. The maximum Gasteiger partial charge on any atom is 0.234 e. The van der Waals surface area contributed by atoms with Crippen LogP contribution in [0.4, 0.5) is 11.6 Å². The maximum atomic E-state index is 12.4. The van der Waals surface area contributed by atoms with E-state index >= 15 is 0 Å². The van der Waals surface area contributed by atoms with E-state index < -0.39 is 0 Å². The molecule has 150 valence electrons. The van der Waals surface area contributed by atoms with E-state index in [1.165, 1.54) is 24.6 Å². The highest BCUT2D eigenvalue weighted by atomic mass is 32.2. The van der Waals surface area contributed by atoms with Gasteiger partial charge in [0.05, 0.1) is 18.6 Å². The van der Waals surface area contributed by atoms with Gasteiger partial charge in [0.15, 0.2) is 5.16 Å². The van der Waals surface area contributed by atoms with Gasteiger partial charge in [-0.1, -0.05) is 30.8 Å². The van der Waals surface area contributed by atoms with Crippen molar-refractivity contribution in [1.29, 1.82) is 0 Å². The van der Waals surface area contributed by atoms with E-state index in [1.54, 1.807) is 7.11 Å². The molecule has 1 aromatic heterocycles. The number of anilines is 2. The molecule has 0 unspecified atom stereocenters. The summed E-state index contributed by atoms with van der Waals surface area (Å²) in [6.45, 7) is 4.38. The largest absolute Gasteiger partial charge is 0.495 e. The Morgan fingerprint density at radius 2 is 1.96 bits per heavy atom. The lowest BCUT2D eigenvalue weighted by Gasteiger charge is -2.31. The molecule has 28 heavy (non-hydrogen) atoms. The van der Waals surface area contributed by atoms with Gasteiger partial charge >= 0.3 is 0 Å². The topological polar surface area (TPSA) is 72.3 Å². The van der Waals surface area contributed by atoms with Gasteiger partial charge in [0.25, 0.3) is 0 Å². The van der Waals surface area contributed by atoms with Crippen LogP contribution in [0, 0.1) is 5.92 Å². The van der Waals surface area contributed by atoms with Crippen molar-refractivity contribution in [1.82, 2.24) is 14.8 Å².